The van der Waals surface area contributed by atoms with E-state index in [2.05, 4.69) is 22.9 Å². The fourth-order valence-electron chi connectivity index (χ4n) is 1.57. The quantitative estimate of drug-likeness (QED) is 0.757. The SMILES string of the molecule is CCCCCN(C)C(=O)c1ccc(Br)cc1F. The number of unbranched alkanes of at least 4 members (excludes halogenated alkanes) is 2. The van der Waals surface area contributed by atoms with Crippen molar-refractivity contribution >= 4 is 21.8 Å². The Morgan fingerprint density at radius 3 is 2.71 bits per heavy atom. The van der Waals surface area contributed by atoms with Crippen LogP contribution in [0.2, 0.25) is 0 Å². The van der Waals surface area contributed by atoms with Gasteiger partial charge in [-0.05, 0) is 24.6 Å². The van der Waals surface area contributed by atoms with Crippen molar-refractivity contribution in [2.24, 2.45) is 0 Å². The van der Waals surface area contributed by atoms with E-state index in [-0.39, 0.29) is 11.5 Å². The molecule has 0 spiro atoms. The number of hydrogen-bond donors (Lipinski definition) is 0. The molecule has 0 saturated carbocycles. The van der Waals surface area contributed by atoms with Crippen molar-refractivity contribution in [2.75, 3.05) is 13.6 Å². The van der Waals surface area contributed by atoms with Gasteiger partial charge in [-0.2, -0.15) is 0 Å². The molecule has 0 radical (unpaired) electrons. The summed E-state index contributed by atoms with van der Waals surface area (Å²) in [6, 6.07) is 4.50. The molecule has 4 heteroatoms. The lowest BCUT2D eigenvalue weighted by atomic mass is 10.1. The molecule has 1 rings (SSSR count). The van der Waals surface area contributed by atoms with Crippen LogP contribution >= 0.6 is 15.9 Å². The topological polar surface area (TPSA) is 20.3 Å². The number of rotatable bonds is 5. The number of halogens is 2. The third-order valence-electron chi connectivity index (χ3n) is 2.61. The molecule has 0 heterocycles. The van der Waals surface area contributed by atoms with Gasteiger partial charge in [-0.1, -0.05) is 35.7 Å². The van der Waals surface area contributed by atoms with Crippen LogP contribution in [-0.4, -0.2) is 24.4 Å². The number of carbonyl (C=O) groups excluding carboxylic acids is 1. The average Bonchev–Trinajstić information content (AvgIpc) is 2.28. The first-order valence-corrected chi connectivity index (χ1v) is 6.56. The predicted molar refractivity (Wildman–Crippen MR) is 70.6 cm³/mol. The van der Waals surface area contributed by atoms with Crippen molar-refractivity contribution in [3.63, 3.8) is 0 Å². The second-order valence-electron chi connectivity index (χ2n) is 4.06. The van der Waals surface area contributed by atoms with E-state index in [0.717, 1.165) is 19.3 Å². The van der Waals surface area contributed by atoms with Crippen LogP contribution in [0.5, 0.6) is 0 Å². The van der Waals surface area contributed by atoms with Gasteiger partial charge in [-0.25, -0.2) is 4.39 Å². The van der Waals surface area contributed by atoms with Crippen molar-refractivity contribution in [2.45, 2.75) is 26.2 Å². The molecule has 1 aromatic rings. The number of benzene rings is 1. The summed E-state index contributed by atoms with van der Waals surface area (Å²) in [4.78, 5) is 13.5. The van der Waals surface area contributed by atoms with Crippen LogP contribution in [0, 0.1) is 5.82 Å². The van der Waals surface area contributed by atoms with E-state index in [0.29, 0.717) is 11.0 Å². The lowest BCUT2D eigenvalue weighted by Gasteiger charge is -2.17. The zero-order valence-electron chi connectivity index (χ0n) is 10.2. The van der Waals surface area contributed by atoms with Crippen LogP contribution in [0.4, 0.5) is 4.39 Å². The van der Waals surface area contributed by atoms with Gasteiger partial charge in [0, 0.05) is 18.1 Å². The van der Waals surface area contributed by atoms with Gasteiger partial charge < -0.3 is 4.90 Å². The minimum atomic E-state index is -0.480. The predicted octanol–water partition coefficient (Wildman–Crippen LogP) is 3.85. The molecule has 0 bridgehead atoms. The van der Waals surface area contributed by atoms with Crippen molar-refractivity contribution in [1.29, 1.82) is 0 Å². The van der Waals surface area contributed by atoms with Crippen molar-refractivity contribution in [3.05, 3.63) is 34.1 Å². The summed E-state index contributed by atoms with van der Waals surface area (Å²) in [5.41, 5.74) is 0.132. The number of nitrogens with zero attached hydrogens (tertiary/aromatic N) is 1. The maximum Gasteiger partial charge on any atom is 0.256 e. The van der Waals surface area contributed by atoms with Crippen molar-refractivity contribution < 1.29 is 9.18 Å². The highest BCUT2D eigenvalue weighted by molar-refractivity contribution is 9.10. The lowest BCUT2D eigenvalue weighted by molar-refractivity contribution is 0.0788. The zero-order chi connectivity index (χ0) is 12.8. The monoisotopic (exact) mass is 301 g/mol. The van der Waals surface area contributed by atoms with Gasteiger partial charge in [0.1, 0.15) is 5.82 Å². The van der Waals surface area contributed by atoms with Crippen molar-refractivity contribution in [1.82, 2.24) is 4.90 Å². The molecule has 0 aliphatic carbocycles. The van der Waals surface area contributed by atoms with Gasteiger partial charge in [-0.15, -0.1) is 0 Å². The summed E-state index contributed by atoms with van der Waals surface area (Å²) in [5, 5.41) is 0. The lowest BCUT2D eigenvalue weighted by Crippen LogP contribution is -2.28. The number of carbonyl (C=O) groups is 1. The van der Waals surface area contributed by atoms with Crippen molar-refractivity contribution in [3.8, 4) is 0 Å². The van der Waals surface area contributed by atoms with Gasteiger partial charge in [0.25, 0.3) is 5.91 Å². The number of hydrogen-bond acceptors (Lipinski definition) is 1. The summed E-state index contributed by atoms with van der Waals surface area (Å²) >= 11 is 3.17. The largest absolute Gasteiger partial charge is 0.342 e. The first-order valence-electron chi connectivity index (χ1n) is 5.76. The van der Waals surface area contributed by atoms with E-state index in [1.54, 1.807) is 18.0 Å². The van der Waals surface area contributed by atoms with E-state index in [1.807, 2.05) is 0 Å². The standard InChI is InChI=1S/C13H17BrFNO/c1-3-4-5-8-16(2)13(17)11-7-6-10(14)9-12(11)15/h6-7,9H,3-5,8H2,1-2H3. The molecule has 0 unspecified atom stereocenters. The van der Waals surface area contributed by atoms with Gasteiger partial charge in [0.05, 0.1) is 5.56 Å². The van der Waals surface area contributed by atoms with Crippen LogP contribution in [-0.2, 0) is 0 Å². The highest BCUT2D eigenvalue weighted by atomic mass is 79.9. The molecule has 0 saturated heterocycles. The van der Waals surface area contributed by atoms with E-state index in [1.165, 1.54) is 12.1 Å². The Balaban J connectivity index is 2.68. The van der Waals surface area contributed by atoms with Crippen LogP contribution in [0.1, 0.15) is 36.5 Å². The van der Waals surface area contributed by atoms with E-state index >= 15 is 0 Å². The van der Waals surface area contributed by atoms with Crippen LogP contribution in [0.25, 0.3) is 0 Å². The first kappa shape index (κ1) is 14.2. The number of amides is 1. The second kappa shape index (κ2) is 6.74. The summed E-state index contributed by atoms with van der Waals surface area (Å²) in [7, 11) is 1.71. The third kappa shape index (κ3) is 4.11. The van der Waals surface area contributed by atoms with E-state index < -0.39 is 5.82 Å². The summed E-state index contributed by atoms with van der Waals surface area (Å²) < 4.78 is 14.2. The normalized spacial score (nSPS) is 10.4. The molecule has 0 aliphatic rings. The summed E-state index contributed by atoms with van der Waals surface area (Å²) in [6.07, 6.45) is 3.14. The fraction of sp³-hybridized carbons (Fsp3) is 0.462. The molecular formula is C13H17BrFNO. The Hall–Kier alpha value is -0.900. The molecule has 0 aliphatic heterocycles. The third-order valence-corrected chi connectivity index (χ3v) is 3.10. The Morgan fingerprint density at radius 2 is 2.12 bits per heavy atom. The molecule has 2 nitrogen and oxygen atoms in total. The average molecular weight is 302 g/mol. The minimum Gasteiger partial charge on any atom is -0.342 e. The van der Waals surface area contributed by atoms with E-state index in [4.69, 9.17) is 0 Å². The summed E-state index contributed by atoms with van der Waals surface area (Å²) in [5.74, 6) is -0.738. The van der Waals surface area contributed by atoms with Gasteiger partial charge in [0.2, 0.25) is 0 Å². The molecule has 1 amide bonds. The Bertz CT molecular complexity index is 395. The van der Waals surface area contributed by atoms with E-state index in [9.17, 15) is 9.18 Å². The Labute approximate surface area is 110 Å². The zero-order valence-corrected chi connectivity index (χ0v) is 11.8. The van der Waals surface area contributed by atoms with Gasteiger partial charge in [-0.3, -0.25) is 4.79 Å². The van der Waals surface area contributed by atoms with Crippen LogP contribution in [0.3, 0.4) is 0 Å². The molecular weight excluding hydrogens is 285 g/mol. The molecule has 0 aromatic heterocycles. The highest BCUT2D eigenvalue weighted by Gasteiger charge is 2.15. The van der Waals surface area contributed by atoms with Crippen LogP contribution in [0.15, 0.2) is 22.7 Å². The maximum absolute atomic E-state index is 13.6. The second-order valence-corrected chi connectivity index (χ2v) is 4.97. The minimum absolute atomic E-state index is 0.132. The molecule has 0 fully saturated rings. The molecule has 94 valence electrons. The Morgan fingerprint density at radius 1 is 1.41 bits per heavy atom. The fourth-order valence-corrected chi connectivity index (χ4v) is 1.90. The first-order chi connectivity index (χ1) is 8.06. The van der Waals surface area contributed by atoms with Crippen LogP contribution < -0.4 is 0 Å². The maximum atomic E-state index is 13.6. The highest BCUT2D eigenvalue weighted by Crippen LogP contribution is 2.16. The smallest absolute Gasteiger partial charge is 0.256 e. The summed E-state index contributed by atoms with van der Waals surface area (Å²) in [6.45, 7) is 2.78. The molecule has 1 aromatic carbocycles. The molecule has 17 heavy (non-hydrogen) atoms. The van der Waals surface area contributed by atoms with Gasteiger partial charge in [0.15, 0.2) is 0 Å². The van der Waals surface area contributed by atoms with Gasteiger partial charge >= 0.3 is 0 Å². The molecule has 0 N–H and O–H groups in total. The molecule has 0 atom stereocenters. The Kier molecular flexibility index (Phi) is 5.62.